The van der Waals surface area contributed by atoms with E-state index < -0.39 is 10.1 Å². The Balaban J connectivity index is 3.00. The average molecular weight is 306 g/mol. The van der Waals surface area contributed by atoms with Gasteiger partial charge >= 0.3 is 0 Å². The minimum absolute atomic E-state index is 0.0909. The van der Waals surface area contributed by atoms with Crippen LogP contribution < -0.4 is 0 Å². The van der Waals surface area contributed by atoms with Crippen molar-refractivity contribution in [3.05, 3.63) is 28.2 Å². The van der Waals surface area contributed by atoms with Gasteiger partial charge in [0.1, 0.15) is 10.1 Å². The highest BCUT2D eigenvalue weighted by Crippen LogP contribution is 2.22. The maximum Gasteiger partial charge on any atom is 0.124 e. The average Bonchev–Trinajstić information content (AvgIpc) is 2.16. The number of halogens is 1. The Morgan fingerprint density at radius 3 is 2.56 bits per heavy atom. The van der Waals surface area contributed by atoms with Crippen LogP contribution in [0.2, 0.25) is 0 Å². The minimum atomic E-state index is -4.36. The van der Waals surface area contributed by atoms with Crippen molar-refractivity contribution in [2.24, 2.45) is 0 Å². The fraction of sp³-hybridized carbons (Fsp3) is 0.455. The molecule has 1 rings (SSSR count). The van der Waals surface area contributed by atoms with E-state index in [-0.39, 0.29) is 4.90 Å². The lowest BCUT2D eigenvalue weighted by atomic mass is 10.1. The lowest BCUT2D eigenvalue weighted by molar-refractivity contribution is 0.461. The summed E-state index contributed by atoms with van der Waals surface area (Å²) in [5, 5.41) is 0. The van der Waals surface area contributed by atoms with Gasteiger partial charge in [-0.25, -0.2) is 8.42 Å². The Labute approximate surface area is 105 Å². The highest BCUT2D eigenvalue weighted by molar-refractivity contribution is 9.10. The summed E-state index contributed by atoms with van der Waals surface area (Å²) in [4.78, 5) is -0.0909. The SMILES string of the molecule is CCCCCc1cc(Br)ccc1S(=O)(=O)[O-]. The number of unbranched alkanes of at least 4 members (excludes halogenated alkanes) is 2. The summed E-state index contributed by atoms with van der Waals surface area (Å²) in [5.41, 5.74) is 0.609. The van der Waals surface area contributed by atoms with Crippen LogP contribution in [0.1, 0.15) is 31.7 Å². The number of aryl methyl sites for hydroxylation is 1. The predicted molar refractivity (Wildman–Crippen MR) is 65.3 cm³/mol. The van der Waals surface area contributed by atoms with Gasteiger partial charge in [0.15, 0.2) is 0 Å². The molecule has 0 aromatic heterocycles. The van der Waals surface area contributed by atoms with Crippen LogP contribution in [0.5, 0.6) is 0 Å². The first kappa shape index (κ1) is 13.7. The van der Waals surface area contributed by atoms with Crippen molar-refractivity contribution in [2.45, 2.75) is 37.5 Å². The molecule has 0 saturated carbocycles. The molecule has 0 aliphatic heterocycles. The number of hydrogen-bond acceptors (Lipinski definition) is 3. The number of rotatable bonds is 5. The van der Waals surface area contributed by atoms with Crippen molar-refractivity contribution >= 4 is 26.0 Å². The quantitative estimate of drug-likeness (QED) is 0.620. The normalized spacial score (nSPS) is 11.7. The fourth-order valence-corrected chi connectivity index (χ4v) is 2.68. The molecule has 0 saturated heterocycles. The molecule has 1 aromatic carbocycles. The monoisotopic (exact) mass is 305 g/mol. The topological polar surface area (TPSA) is 57.2 Å². The Hall–Kier alpha value is -0.390. The van der Waals surface area contributed by atoms with Crippen LogP contribution in [0.15, 0.2) is 27.6 Å². The molecule has 0 aliphatic rings. The standard InChI is InChI=1S/C11H15BrO3S/c1-2-3-4-5-9-8-10(12)6-7-11(9)16(13,14)15/h6-8H,2-5H2,1H3,(H,13,14,15)/p-1. The molecule has 0 amide bonds. The minimum Gasteiger partial charge on any atom is -0.744 e. The molecule has 0 unspecified atom stereocenters. The third kappa shape index (κ3) is 3.88. The van der Waals surface area contributed by atoms with E-state index in [0.29, 0.717) is 12.0 Å². The van der Waals surface area contributed by atoms with E-state index in [1.54, 1.807) is 12.1 Å². The van der Waals surface area contributed by atoms with Crippen LogP contribution in [0.25, 0.3) is 0 Å². The molecule has 0 heterocycles. The van der Waals surface area contributed by atoms with Gasteiger partial charge in [-0.1, -0.05) is 35.7 Å². The van der Waals surface area contributed by atoms with Crippen molar-refractivity contribution in [2.75, 3.05) is 0 Å². The molecular formula is C11H14BrO3S-. The van der Waals surface area contributed by atoms with Crippen LogP contribution in [-0.2, 0) is 16.5 Å². The van der Waals surface area contributed by atoms with E-state index in [1.807, 2.05) is 0 Å². The second-order valence-electron chi connectivity index (χ2n) is 3.66. The molecule has 0 spiro atoms. The van der Waals surface area contributed by atoms with E-state index in [4.69, 9.17) is 0 Å². The van der Waals surface area contributed by atoms with Crippen molar-refractivity contribution in [1.29, 1.82) is 0 Å². The van der Waals surface area contributed by atoms with Crippen molar-refractivity contribution in [1.82, 2.24) is 0 Å². The Kier molecular flexibility index (Phi) is 4.95. The molecule has 0 fully saturated rings. The third-order valence-corrected chi connectivity index (χ3v) is 3.77. The first-order chi connectivity index (χ1) is 7.45. The second-order valence-corrected chi connectivity index (χ2v) is 5.93. The van der Waals surface area contributed by atoms with Gasteiger partial charge in [0, 0.05) is 4.47 Å². The molecule has 0 N–H and O–H groups in total. The summed E-state index contributed by atoms with van der Waals surface area (Å²) in [7, 11) is -4.36. The van der Waals surface area contributed by atoms with Gasteiger partial charge in [-0.15, -0.1) is 0 Å². The van der Waals surface area contributed by atoms with Gasteiger partial charge < -0.3 is 4.55 Å². The molecular weight excluding hydrogens is 292 g/mol. The number of benzene rings is 1. The largest absolute Gasteiger partial charge is 0.744 e. The lowest BCUT2D eigenvalue weighted by Gasteiger charge is -2.13. The summed E-state index contributed by atoms with van der Waals surface area (Å²) in [6, 6.07) is 4.66. The van der Waals surface area contributed by atoms with E-state index in [2.05, 4.69) is 22.9 Å². The second kappa shape index (κ2) is 5.80. The van der Waals surface area contributed by atoms with Crippen LogP contribution in [-0.4, -0.2) is 13.0 Å². The maximum absolute atomic E-state index is 11.0. The molecule has 3 nitrogen and oxygen atoms in total. The molecule has 0 radical (unpaired) electrons. The van der Waals surface area contributed by atoms with Gasteiger partial charge in [-0.2, -0.15) is 0 Å². The Morgan fingerprint density at radius 1 is 1.31 bits per heavy atom. The zero-order valence-electron chi connectivity index (χ0n) is 9.07. The van der Waals surface area contributed by atoms with Gasteiger partial charge in [-0.05, 0) is 36.6 Å². The molecule has 90 valence electrons. The summed E-state index contributed by atoms with van der Waals surface area (Å²) in [6.07, 6.45) is 3.62. The van der Waals surface area contributed by atoms with Gasteiger partial charge in [-0.3, -0.25) is 0 Å². The highest BCUT2D eigenvalue weighted by Gasteiger charge is 2.08. The predicted octanol–water partition coefficient (Wildman–Crippen LogP) is 3.09. The summed E-state index contributed by atoms with van der Waals surface area (Å²) < 4.78 is 33.9. The molecule has 0 atom stereocenters. The van der Waals surface area contributed by atoms with Crippen LogP contribution in [0.3, 0.4) is 0 Å². The molecule has 0 bridgehead atoms. The number of hydrogen-bond donors (Lipinski definition) is 0. The Bertz CT molecular complexity index is 454. The fourth-order valence-electron chi connectivity index (χ4n) is 1.55. The molecule has 0 aliphatic carbocycles. The first-order valence-electron chi connectivity index (χ1n) is 5.19. The maximum atomic E-state index is 11.0. The van der Waals surface area contributed by atoms with E-state index >= 15 is 0 Å². The summed E-state index contributed by atoms with van der Waals surface area (Å²) >= 11 is 3.28. The zero-order chi connectivity index (χ0) is 12.2. The zero-order valence-corrected chi connectivity index (χ0v) is 11.5. The van der Waals surface area contributed by atoms with E-state index in [9.17, 15) is 13.0 Å². The Morgan fingerprint density at radius 2 is 2.00 bits per heavy atom. The van der Waals surface area contributed by atoms with Crippen LogP contribution in [0.4, 0.5) is 0 Å². The van der Waals surface area contributed by atoms with E-state index in [0.717, 1.165) is 23.7 Å². The smallest absolute Gasteiger partial charge is 0.124 e. The van der Waals surface area contributed by atoms with Crippen LogP contribution >= 0.6 is 15.9 Å². The van der Waals surface area contributed by atoms with Gasteiger partial charge in [0.05, 0.1) is 4.90 Å². The lowest BCUT2D eigenvalue weighted by Crippen LogP contribution is -2.03. The molecule has 16 heavy (non-hydrogen) atoms. The van der Waals surface area contributed by atoms with Crippen molar-refractivity contribution < 1.29 is 13.0 Å². The first-order valence-corrected chi connectivity index (χ1v) is 7.39. The van der Waals surface area contributed by atoms with Crippen molar-refractivity contribution in [3.8, 4) is 0 Å². The summed E-state index contributed by atoms with van der Waals surface area (Å²) in [6.45, 7) is 2.08. The van der Waals surface area contributed by atoms with Gasteiger partial charge in [0.25, 0.3) is 0 Å². The van der Waals surface area contributed by atoms with E-state index in [1.165, 1.54) is 6.07 Å². The third-order valence-electron chi connectivity index (χ3n) is 2.34. The molecule has 1 aromatic rings. The summed E-state index contributed by atoms with van der Waals surface area (Å²) in [5.74, 6) is 0. The van der Waals surface area contributed by atoms with Crippen molar-refractivity contribution in [3.63, 3.8) is 0 Å². The van der Waals surface area contributed by atoms with Gasteiger partial charge in [0.2, 0.25) is 0 Å². The highest BCUT2D eigenvalue weighted by atomic mass is 79.9. The molecule has 5 heteroatoms. The van der Waals surface area contributed by atoms with Crippen LogP contribution in [0, 0.1) is 0 Å².